The highest BCUT2D eigenvalue weighted by molar-refractivity contribution is 6.49. The summed E-state index contributed by atoms with van der Waals surface area (Å²) in [6, 6.07) is 1.94. The van der Waals surface area contributed by atoms with Crippen molar-refractivity contribution in [3.8, 4) is 0 Å². The van der Waals surface area contributed by atoms with Gasteiger partial charge in [-0.1, -0.05) is 26.7 Å². The number of unbranched alkanes of at least 4 members (excludes halogenated alkanes) is 1. The van der Waals surface area contributed by atoms with Crippen LogP contribution in [-0.4, -0.2) is 9.04 Å². The van der Waals surface area contributed by atoms with Gasteiger partial charge >= 0.3 is 0 Å². The Morgan fingerprint density at radius 3 is 2.38 bits per heavy atom. The summed E-state index contributed by atoms with van der Waals surface area (Å²) in [4.78, 5) is 10.8. The van der Waals surface area contributed by atoms with Crippen LogP contribution in [0.4, 0.5) is 0 Å². The molecule has 8 heavy (non-hydrogen) atoms. The largest absolute Gasteiger partial charge is 0.302 e. The molecule has 0 saturated heterocycles. The van der Waals surface area contributed by atoms with Crippen LogP contribution in [0.2, 0.25) is 12.1 Å². The Bertz CT molecular complexity index is 47.8. The molecule has 0 aliphatic rings. The van der Waals surface area contributed by atoms with Crippen molar-refractivity contribution in [2.24, 2.45) is 0 Å². The lowest BCUT2D eigenvalue weighted by molar-refractivity contribution is 0.443. The number of hydrogen-bond donors (Lipinski definition) is 0. The highest BCUT2D eigenvalue weighted by atomic mass is 28.3. The molecule has 0 aliphatic heterocycles. The second-order valence-corrected chi connectivity index (χ2v) is 4.81. The third-order valence-corrected chi connectivity index (χ3v) is 3.30. The molecule has 0 bridgehead atoms. The lowest BCUT2D eigenvalue weighted by Crippen LogP contribution is -2.05. The van der Waals surface area contributed by atoms with Gasteiger partial charge in [0.15, 0.2) is 0 Å². The number of rotatable bonds is 4. The van der Waals surface area contributed by atoms with E-state index in [-0.39, 0.29) is 0 Å². The normalized spacial score (nSPS) is 13.9. The first-order valence-corrected chi connectivity index (χ1v) is 5.57. The second kappa shape index (κ2) is 5.32. The molecule has 49 valence electrons. The molecule has 0 aromatic rings. The molecule has 0 rings (SSSR count). The first kappa shape index (κ1) is 8.18. The third-order valence-electron chi connectivity index (χ3n) is 1.33. The Labute approximate surface area is 53.5 Å². The molecule has 0 aromatic carbocycles. The summed E-state index contributed by atoms with van der Waals surface area (Å²) in [7, 11) is -1.45. The van der Waals surface area contributed by atoms with Crippen LogP contribution in [0.1, 0.15) is 26.7 Å². The topological polar surface area (TPSA) is 19.9 Å². The predicted molar refractivity (Wildman–Crippen MR) is 38.0 cm³/mol. The van der Waals surface area contributed by atoms with E-state index in [1.807, 2.05) is 6.92 Å². The SMILES string of the molecule is CCCC[SiH]([O])CC. The fraction of sp³-hybridized carbons (Fsp3) is 1.00. The smallest absolute Gasteiger partial charge is 0.222 e. The number of hydrogen-bond acceptors (Lipinski definition) is 0. The minimum Gasteiger partial charge on any atom is -0.302 e. The zero-order valence-corrected chi connectivity index (χ0v) is 6.97. The summed E-state index contributed by atoms with van der Waals surface area (Å²) in [6.07, 6.45) is 2.35. The van der Waals surface area contributed by atoms with E-state index in [1.54, 1.807) is 0 Å². The van der Waals surface area contributed by atoms with Gasteiger partial charge in [-0.25, -0.2) is 0 Å². The van der Waals surface area contributed by atoms with E-state index in [2.05, 4.69) is 6.92 Å². The van der Waals surface area contributed by atoms with Gasteiger partial charge in [0.25, 0.3) is 0 Å². The van der Waals surface area contributed by atoms with Crippen molar-refractivity contribution >= 4 is 9.04 Å². The zero-order chi connectivity index (χ0) is 6.41. The monoisotopic (exact) mass is 131 g/mol. The molecule has 1 radical (unpaired) electrons. The molecule has 0 heterocycles. The molecule has 2 heteroatoms. The molecular formula is C6H15OSi. The van der Waals surface area contributed by atoms with Gasteiger partial charge in [-0.3, -0.25) is 0 Å². The van der Waals surface area contributed by atoms with Gasteiger partial charge in [-0.15, -0.1) is 0 Å². The van der Waals surface area contributed by atoms with Crippen molar-refractivity contribution < 1.29 is 4.80 Å². The molecule has 0 fully saturated rings. The standard InChI is InChI=1S/C6H15OSi/c1-3-5-6-8(7)4-2/h8H,3-6H2,1-2H3. The highest BCUT2D eigenvalue weighted by Crippen LogP contribution is 2.01. The quantitative estimate of drug-likeness (QED) is 0.520. The van der Waals surface area contributed by atoms with Crippen LogP contribution in [0, 0.1) is 0 Å². The molecule has 0 aliphatic carbocycles. The lowest BCUT2D eigenvalue weighted by Gasteiger charge is -1.98. The van der Waals surface area contributed by atoms with Crippen molar-refractivity contribution in [3.63, 3.8) is 0 Å². The zero-order valence-electron chi connectivity index (χ0n) is 5.81. The van der Waals surface area contributed by atoms with E-state index in [9.17, 15) is 4.80 Å². The maximum atomic E-state index is 10.8. The second-order valence-electron chi connectivity index (χ2n) is 2.17. The van der Waals surface area contributed by atoms with Crippen molar-refractivity contribution in [1.29, 1.82) is 0 Å². The van der Waals surface area contributed by atoms with E-state index < -0.39 is 9.04 Å². The van der Waals surface area contributed by atoms with E-state index in [0.717, 1.165) is 18.5 Å². The average molecular weight is 131 g/mol. The van der Waals surface area contributed by atoms with Crippen molar-refractivity contribution in [1.82, 2.24) is 0 Å². The fourth-order valence-electron chi connectivity index (χ4n) is 0.636. The van der Waals surface area contributed by atoms with Gasteiger partial charge in [-0.2, -0.15) is 0 Å². The minimum absolute atomic E-state index is 0.931. The molecule has 0 spiro atoms. The van der Waals surface area contributed by atoms with Crippen molar-refractivity contribution in [2.75, 3.05) is 0 Å². The Hall–Kier alpha value is 0.177. The lowest BCUT2D eigenvalue weighted by atomic mass is 10.4. The van der Waals surface area contributed by atoms with E-state index in [0.29, 0.717) is 0 Å². The fourth-order valence-corrected chi connectivity index (χ4v) is 1.91. The molecule has 1 unspecified atom stereocenters. The highest BCUT2D eigenvalue weighted by Gasteiger charge is 2.02. The molecule has 1 atom stereocenters. The first-order valence-electron chi connectivity index (χ1n) is 3.47. The van der Waals surface area contributed by atoms with E-state index in [1.165, 1.54) is 6.42 Å². The van der Waals surface area contributed by atoms with Gasteiger partial charge < -0.3 is 4.80 Å². The summed E-state index contributed by atoms with van der Waals surface area (Å²) >= 11 is 0. The van der Waals surface area contributed by atoms with Crippen LogP contribution < -0.4 is 0 Å². The van der Waals surface area contributed by atoms with Gasteiger partial charge in [0.05, 0.1) is 0 Å². The van der Waals surface area contributed by atoms with Crippen LogP contribution in [-0.2, 0) is 4.80 Å². The van der Waals surface area contributed by atoms with Gasteiger partial charge in [-0.05, 0) is 12.1 Å². The Morgan fingerprint density at radius 2 is 2.00 bits per heavy atom. The summed E-state index contributed by atoms with van der Waals surface area (Å²) in [5.41, 5.74) is 0. The van der Waals surface area contributed by atoms with E-state index >= 15 is 0 Å². The molecule has 0 amide bonds. The van der Waals surface area contributed by atoms with Crippen molar-refractivity contribution in [3.05, 3.63) is 0 Å². The van der Waals surface area contributed by atoms with Gasteiger partial charge in [0, 0.05) is 0 Å². The van der Waals surface area contributed by atoms with Crippen LogP contribution in [0.15, 0.2) is 0 Å². The summed E-state index contributed by atoms with van der Waals surface area (Å²) in [6.45, 7) is 4.15. The third kappa shape index (κ3) is 4.34. The van der Waals surface area contributed by atoms with Crippen molar-refractivity contribution in [2.45, 2.75) is 38.8 Å². The minimum atomic E-state index is -1.45. The molecule has 0 aromatic heterocycles. The molecule has 0 saturated carbocycles. The van der Waals surface area contributed by atoms with Crippen LogP contribution >= 0.6 is 0 Å². The maximum absolute atomic E-state index is 10.8. The average Bonchev–Trinajstić information content (AvgIpc) is 1.83. The maximum Gasteiger partial charge on any atom is 0.222 e. The Balaban J connectivity index is 2.86. The van der Waals surface area contributed by atoms with Crippen LogP contribution in [0.25, 0.3) is 0 Å². The molecule has 1 nitrogen and oxygen atoms in total. The van der Waals surface area contributed by atoms with E-state index in [4.69, 9.17) is 0 Å². The van der Waals surface area contributed by atoms with Gasteiger partial charge in [0.2, 0.25) is 9.04 Å². The predicted octanol–water partition coefficient (Wildman–Crippen LogP) is 1.96. The molecule has 0 N–H and O–H groups in total. The first-order chi connectivity index (χ1) is 3.81. The van der Waals surface area contributed by atoms with Crippen LogP contribution in [0.3, 0.4) is 0 Å². The summed E-state index contributed by atoms with van der Waals surface area (Å²) in [5.74, 6) is 0. The Morgan fingerprint density at radius 1 is 1.38 bits per heavy atom. The molecular weight excluding hydrogens is 116 g/mol. The summed E-state index contributed by atoms with van der Waals surface area (Å²) in [5, 5.41) is 0. The van der Waals surface area contributed by atoms with Gasteiger partial charge in [0.1, 0.15) is 0 Å². The Kier molecular flexibility index (Phi) is 5.43. The van der Waals surface area contributed by atoms with Crippen LogP contribution in [0.5, 0.6) is 0 Å². The summed E-state index contributed by atoms with van der Waals surface area (Å²) < 4.78 is 0.